The van der Waals surface area contributed by atoms with Crippen LogP contribution in [0.4, 0.5) is 0 Å². The molecule has 2 atom stereocenters. The molecule has 5 nitrogen and oxygen atoms in total. The summed E-state index contributed by atoms with van der Waals surface area (Å²) in [6.45, 7) is 13.4. The van der Waals surface area contributed by atoms with Gasteiger partial charge in [-0.05, 0) is 62.1 Å². The Kier molecular flexibility index (Phi) is 13.4. The van der Waals surface area contributed by atoms with E-state index in [0.29, 0.717) is 19.0 Å². The maximum atomic E-state index is 9.25. The van der Waals surface area contributed by atoms with Gasteiger partial charge < -0.3 is 28.0 Å². The van der Waals surface area contributed by atoms with Crippen LogP contribution in [0, 0.1) is 16.7 Å². The monoisotopic (exact) mass is 318 g/mol. The maximum absolute atomic E-state index is 9.25. The fourth-order valence-electron chi connectivity index (χ4n) is 2.63. The second-order valence-corrected chi connectivity index (χ2v) is 8.05. The number of nitrogens with two attached hydrogens (primary N) is 4. The van der Waals surface area contributed by atoms with Crippen LogP contribution in [0.25, 0.3) is 0 Å². The Hall–Kier alpha value is -0.200. The van der Waals surface area contributed by atoms with Crippen LogP contribution in [0.2, 0.25) is 0 Å². The van der Waals surface area contributed by atoms with E-state index in [2.05, 4.69) is 34.6 Å². The first kappa shape index (κ1) is 24.1. The van der Waals surface area contributed by atoms with Gasteiger partial charge in [-0.3, -0.25) is 0 Å². The summed E-state index contributed by atoms with van der Waals surface area (Å²) in [5.74, 6) is 0.707. The van der Waals surface area contributed by atoms with E-state index < -0.39 is 0 Å². The summed E-state index contributed by atoms with van der Waals surface area (Å²) in [6, 6.07) is 0. The third-order valence-corrected chi connectivity index (χ3v) is 3.99. The summed E-state index contributed by atoms with van der Waals surface area (Å²) in [4.78, 5) is 0. The maximum Gasteiger partial charge on any atom is 0.0667 e. The Morgan fingerprint density at radius 2 is 1.41 bits per heavy atom. The number of hydrogen-bond donors (Lipinski definition) is 5. The zero-order valence-electron chi connectivity index (χ0n) is 15.6. The van der Waals surface area contributed by atoms with Gasteiger partial charge in [0.25, 0.3) is 0 Å². The van der Waals surface area contributed by atoms with Crippen LogP contribution in [0.15, 0.2) is 0 Å². The topological polar surface area (TPSA) is 124 Å². The van der Waals surface area contributed by atoms with Crippen molar-refractivity contribution < 1.29 is 5.11 Å². The van der Waals surface area contributed by atoms with Gasteiger partial charge in [0.2, 0.25) is 0 Å². The minimum Gasteiger partial charge on any atom is -0.392 e. The SMILES string of the molecule is CC(C)(CCN)CC(O)CN.CC(CCN)CC(C)(C)CN. The molecule has 0 aliphatic carbocycles. The van der Waals surface area contributed by atoms with Crippen LogP contribution in [-0.4, -0.2) is 37.4 Å². The second-order valence-electron chi connectivity index (χ2n) is 8.05. The first-order chi connectivity index (χ1) is 10.0. The zero-order valence-corrected chi connectivity index (χ0v) is 15.6. The quantitative estimate of drug-likeness (QED) is 0.416. The molecule has 0 bridgehead atoms. The summed E-state index contributed by atoms with van der Waals surface area (Å²) >= 11 is 0. The lowest BCUT2D eigenvalue weighted by Gasteiger charge is -2.26. The molecule has 0 aliphatic rings. The highest BCUT2D eigenvalue weighted by Gasteiger charge is 2.20. The highest BCUT2D eigenvalue weighted by molar-refractivity contribution is 4.74. The fraction of sp³-hybridized carbons (Fsp3) is 1.00. The van der Waals surface area contributed by atoms with E-state index >= 15 is 0 Å². The molecule has 0 saturated carbocycles. The molecule has 22 heavy (non-hydrogen) atoms. The lowest BCUT2D eigenvalue weighted by atomic mass is 9.82. The molecule has 9 N–H and O–H groups in total. The van der Waals surface area contributed by atoms with Crippen molar-refractivity contribution in [3.05, 3.63) is 0 Å². The normalized spacial score (nSPS) is 15.0. The summed E-state index contributed by atoms with van der Waals surface area (Å²) in [5.41, 5.74) is 22.2. The van der Waals surface area contributed by atoms with Gasteiger partial charge in [-0.15, -0.1) is 0 Å². The molecule has 0 rings (SSSR count). The number of aliphatic hydroxyl groups is 1. The van der Waals surface area contributed by atoms with Crippen molar-refractivity contribution >= 4 is 0 Å². The Morgan fingerprint density at radius 1 is 0.864 bits per heavy atom. The van der Waals surface area contributed by atoms with E-state index in [-0.39, 0.29) is 16.9 Å². The molecule has 2 unspecified atom stereocenters. The molecule has 0 amide bonds. The van der Waals surface area contributed by atoms with Gasteiger partial charge >= 0.3 is 0 Å². The number of rotatable bonds is 10. The molecule has 0 aromatic heterocycles. The molecule has 0 radical (unpaired) electrons. The Balaban J connectivity index is 0. The van der Waals surface area contributed by atoms with Gasteiger partial charge in [0.15, 0.2) is 0 Å². The molecule has 0 fully saturated rings. The molecule has 0 aromatic rings. The highest BCUT2D eigenvalue weighted by Crippen LogP contribution is 2.25. The van der Waals surface area contributed by atoms with E-state index in [4.69, 9.17) is 22.9 Å². The van der Waals surface area contributed by atoms with Crippen LogP contribution in [0.5, 0.6) is 0 Å². The molecular formula is C17H42N4O. The average Bonchev–Trinajstić information content (AvgIpc) is 2.38. The first-order valence-electron chi connectivity index (χ1n) is 8.52. The van der Waals surface area contributed by atoms with Gasteiger partial charge in [0.05, 0.1) is 6.10 Å². The zero-order chi connectivity index (χ0) is 17.8. The standard InChI is InChI=1S/C9H22N2.C8H20N2O/c1-8(4-5-10)6-9(2,3)7-11;1-8(2,3-4-9)5-7(11)6-10/h8H,4-7,10-11H2,1-3H3;7,11H,3-6,9-10H2,1-2H3. The van der Waals surface area contributed by atoms with E-state index in [1.807, 2.05) is 0 Å². The van der Waals surface area contributed by atoms with Crippen molar-refractivity contribution in [2.75, 3.05) is 26.2 Å². The number of hydrogen-bond acceptors (Lipinski definition) is 5. The third kappa shape index (κ3) is 14.7. The van der Waals surface area contributed by atoms with Crippen molar-refractivity contribution in [1.82, 2.24) is 0 Å². The predicted molar refractivity (Wildman–Crippen MR) is 97.4 cm³/mol. The lowest BCUT2D eigenvalue weighted by molar-refractivity contribution is 0.117. The smallest absolute Gasteiger partial charge is 0.0667 e. The van der Waals surface area contributed by atoms with E-state index in [9.17, 15) is 5.11 Å². The van der Waals surface area contributed by atoms with Gasteiger partial charge in [-0.1, -0.05) is 34.6 Å². The Labute approximate surface area is 138 Å². The van der Waals surface area contributed by atoms with Gasteiger partial charge in [0.1, 0.15) is 0 Å². The number of aliphatic hydroxyl groups excluding tert-OH is 1. The van der Waals surface area contributed by atoms with Crippen molar-refractivity contribution in [2.45, 2.75) is 66.4 Å². The Bertz CT molecular complexity index is 257. The van der Waals surface area contributed by atoms with Crippen LogP contribution < -0.4 is 22.9 Å². The van der Waals surface area contributed by atoms with Gasteiger partial charge in [-0.2, -0.15) is 0 Å². The van der Waals surface area contributed by atoms with E-state index in [1.165, 1.54) is 6.42 Å². The van der Waals surface area contributed by atoms with Crippen LogP contribution in [-0.2, 0) is 0 Å². The summed E-state index contributed by atoms with van der Waals surface area (Å²) < 4.78 is 0. The molecule has 0 aromatic carbocycles. The van der Waals surface area contributed by atoms with Crippen LogP contribution in [0.3, 0.4) is 0 Å². The lowest BCUT2D eigenvalue weighted by Crippen LogP contribution is -2.28. The highest BCUT2D eigenvalue weighted by atomic mass is 16.3. The Morgan fingerprint density at radius 3 is 1.77 bits per heavy atom. The van der Waals surface area contributed by atoms with Crippen molar-refractivity contribution in [1.29, 1.82) is 0 Å². The van der Waals surface area contributed by atoms with E-state index in [1.54, 1.807) is 0 Å². The first-order valence-corrected chi connectivity index (χ1v) is 8.52. The van der Waals surface area contributed by atoms with Crippen molar-refractivity contribution in [3.63, 3.8) is 0 Å². The summed E-state index contributed by atoms with van der Waals surface area (Å²) in [6.07, 6.45) is 3.59. The third-order valence-electron chi connectivity index (χ3n) is 3.99. The van der Waals surface area contributed by atoms with Gasteiger partial charge in [0, 0.05) is 6.54 Å². The predicted octanol–water partition coefficient (Wildman–Crippen LogP) is 1.42. The van der Waals surface area contributed by atoms with Crippen LogP contribution >= 0.6 is 0 Å². The molecule has 0 spiro atoms. The fourth-order valence-corrected chi connectivity index (χ4v) is 2.63. The summed E-state index contributed by atoms with van der Waals surface area (Å²) in [7, 11) is 0. The minimum absolute atomic E-state index is 0.119. The summed E-state index contributed by atoms with van der Waals surface area (Å²) in [5, 5.41) is 9.25. The van der Waals surface area contributed by atoms with Crippen molar-refractivity contribution in [3.8, 4) is 0 Å². The molecule has 0 heterocycles. The molecule has 0 aliphatic heterocycles. The minimum atomic E-state index is -0.378. The largest absolute Gasteiger partial charge is 0.392 e. The molecular weight excluding hydrogens is 276 g/mol. The molecule has 0 saturated heterocycles. The molecule has 136 valence electrons. The average molecular weight is 319 g/mol. The second kappa shape index (κ2) is 12.3. The molecule has 5 heteroatoms. The van der Waals surface area contributed by atoms with Crippen molar-refractivity contribution in [2.24, 2.45) is 39.7 Å². The van der Waals surface area contributed by atoms with Gasteiger partial charge in [-0.25, -0.2) is 0 Å². The van der Waals surface area contributed by atoms with Crippen LogP contribution in [0.1, 0.15) is 60.3 Å². The van der Waals surface area contributed by atoms with E-state index in [0.717, 1.165) is 32.4 Å².